The van der Waals surface area contributed by atoms with Crippen molar-refractivity contribution < 1.29 is 37.0 Å². The van der Waals surface area contributed by atoms with Gasteiger partial charge in [0.2, 0.25) is 5.91 Å². The molecular weight excluding hydrogens is 446 g/mol. The summed E-state index contributed by atoms with van der Waals surface area (Å²) in [7, 11) is 0. The van der Waals surface area contributed by atoms with Gasteiger partial charge in [0.25, 0.3) is 0 Å². The number of amides is 1. The molecule has 5 N–H and O–H groups in total. The largest absolute Gasteiger partial charge is 0.573 e. The van der Waals surface area contributed by atoms with Crippen molar-refractivity contribution >= 4 is 33.7 Å². The topological polar surface area (TPSA) is 121 Å². The number of aromatic amines is 2. The number of carbonyl (C=O) groups is 2. The Labute approximate surface area is 183 Å². The highest BCUT2D eigenvalue weighted by Gasteiger charge is 2.35. The van der Waals surface area contributed by atoms with Gasteiger partial charge in [-0.1, -0.05) is 6.07 Å². The van der Waals surface area contributed by atoms with E-state index >= 15 is 0 Å². The van der Waals surface area contributed by atoms with Gasteiger partial charge >= 0.3 is 12.3 Å². The van der Waals surface area contributed by atoms with E-state index in [1.165, 1.54) is 18.2 Å². The van der Waals surface area contributed by atoms with Crippen molar-refractivity contribution in [2.24, 2.45) is 5.73 Å². The Morgan fingerprint density at radius 3 is 2.39 bits per heavy atom. The van der Waals surface area contributed by atoms with E-state index in [2.05, 4.69) is 14.7 Å². The maximum atomic E-state index is 14.5. The highest BCUT2D eigenvalue weighted by molar-refractivity contribution is 6.05. The van der Waals surface area contributed by atoms with E-state index in [1.807, 2.05) is 0 Å². The van der Waals surface area contributed by atoms with Gasteiger partial charge in [-0.2, -0.15) is 0 Å². The molecule has 2 heterocycles. The summed E-state index contributed by atoms with van der Waals surface area (Å²) in [5.74, 6) is -5.03. The Bertz CT molecular complexity index is 1440. The molecular formula is C22H17F4N3O4. The Balaban J connectivity index is 2.08. The van der Waals surface area contributed by atoms with Crippen molar-refractivity contribution in [1.29, 1.82) is 0 Å². The van der Waals surface area contributed by atoms with Gasteiger partial charge in [0.05, 0.1) is 11.4 Å². The Hall–Kier alpha value is -4.02. The highest BCUT2D eigenvalue weighted by Crippen LogP contribution is 2.41. The molecule has 7 nitrogen and oxygen atoms in total. The number of halogens is 4. The molecule has 11 heteroatoms. The highest BCUT2D eigenvalue weighted by atomic mass is 19.4. The number of hydrogen-bond donors (Lipinski definition) is 4. The molecule has 1 unspecified atom stereocenters. The summed E-state index contributed by atoms with van der Waals surface area (Å²) in [6, 6.07) is 5.93. The molecule has 0 aliphatic carbocycles. The number of alkyl halides is 3. The van der Waals surface area contributed by atoms with E-state index in [0.717, 1.165) is 12.1 Å². The normalized spacial score (nSPS) is 12.9. The van der Waals surface area contributed by atoms with Crippen molar-refractivity contribution in [2.75, 3.05) is 0 Å². The number of aromatic nitrogens is 2. The number of benzene rings is 2. The van der Waals surface area contributed by atoms with Crippen LogP contribution < -0.4 is 10.5 Å². The van der Waals surface area contributed by atoms with Crippen LogP contribution in [0, 0.1) is 19.7 Å². The number of ether oxygens (including phenoxy) is 1. The van der Waals surface area contributed by atoms with Gasteiger partial charge in [0.1, 0.15) is 17.3 Å². The maximum Gasteiger partial charge on any atom is 0.573 e. The number of carbonyl (C=O) groups excluding carboxylic acids is 1. The smallest absolute Gasteiger partial charge is 0.477 e. The monoisotopic (exact) mass is 463 g/mol. The summed E-state index contributed by atoms with van der Waals surface area (Å²) in [6.07, 6.45) is -4.98. The van der Waals surface area contributed by atoms with Crippen LogP contribution in [0.3, 0.4) is 0 Å². The van der Waals surface area contributed by atoms with Crippen molar-refractivity contribution in [3.05, 3.63) is 64.2 Å². The molecule has 172 valence electrons. The van der Waals surface area contributed by atoms with E-state index in [9.17, 15) is 32.3 Å². The zero-order valence-electron chi connectivity index (χ0n) is 17.2. The average Bonchev–Trinajstić information content (AvgIpc) is 3.23. The summed E-state index contributed by atoms with van der Waals surface area (Å²) < 4.78 is 56.7. The zero-order valence-corrected chi connectivity index (χ0v) is 17.2. The molecule has 4 aromatic rings. The van der Waals surface area contributed by atoms with Gasteiger partial charge in [0, 0.05) is 27.5 Å². The number of nitrogens with one attached hydrogen (secondary N) is 2. The second-order valence-corrected chi connectivity index (χ2v) is 7.59. The van der Waals surface area contributed by atoms with E-state index in [-0.39, 0.29) is 27.5 Å². The van der Waals surface area contributed by atoms with Crippen LogP contribution in [0.4, 0.5) is 17.6 Å². The molecule has 4 rings (SSSR count). The Morgan fingerprint density at radius 2 is 1.79 bits per heavy atom. The van der Waals surface area contributed by atoms with Crippen LogP contribution in [0.15, 0.2) is 30.3 Å². The van der Waals surface area contributed by atoms with Gasteiger partial charge in [-0.05, 0) is 49.2 Å². The minimum absolute atomic E-state index is 0.000700. The van der Waals surface area contributed by atoms with E-state index in [1.54, 1.807) is 13.8 Å². The van der Waals surface area contributed by atoms with Crippen LogP contribution in [0.1, 0.15) is 38.8 Å². The van der Waals surface area contributed by atoms with Crippen molar-refractivity contribution in [1.82, 2.24) is 9.97 Å². The molecule has 0 radical (unpaired) electrons. The van der Waals surface area contributed by atoms with Crippen LogP contribution in [0.25, 0.3) is 21.8 Å². The molecule has 33 heavy (non-hydrogen) atoms. The first-order chi connectivity index (χ1) is 15.4. The van der Waals surface area contributed by atoms with Crippen molar-refractivity contribution in [2.45, 2.75) is 26.1 Å². The van der Waals surface area contributed by atoms with Gasteiger partial charge in [-0.25, -0.2) is 9.18 Å². The molecule has 1 amide bonds. The van der Waals surface area contributed by atoms with Crippen LogP contribution >= 0.6 is 0 Å². The SMILES string of the molecule is Cc1[nH]c2c(F)ccc(C)c2c1C(C(N)=O)c1c(C(=O)O)[nH]c2ccc(OC(F)(F)F)cc12. The Kier molecular flexibility index (Phi) is 5.07. The first-order valence-corrected chi connectivity index (χ1v) is 9.60. The van der Waals surface area contributed by atoms with Gasteiger partial charge in [-0.15, -0.1) is 13.2 Å². The predicted octanol–water partition coefficient (Wildman–Crippen LogP) is 4.62. The van der Waals surface area contributed by atoms with Gasteiger partial charge in [-0.3, -0.25) is 4.79 Å². The number of hydrogen-bond acceptors (Lipinski definition) is 3. The third kappa shape index (κ3) is 3.75. The summed E-state index contributed by atoms with van der Waals surface area (Å²) in [5, 5.41) is 10.1. The number of fused-ring (bicyclic) bond motifs is 2. The van der Waals surface area contributed by atoms with E-state index in [0.29, 0.717) is 16.6 Å². The van der Waals surface area contributed by atoms with Crippen LogP contribution in [0.2, 0.25) is 0 Å². The number of nitrogens with two attached hydrogens (primary N) is 1. The number of aryl methyl sites for hydroxylation is 2. The van der Waals surface area contributed by atoms with E-state index < -0.39 is 41.4 Å². The lowest BCUT2D eigenvalue weighted by Gasteiger charge is -2.17. The Morgan fingerprint density at radius 1 is 1.09 bits per heavy atom. The van der Waals surface area contributed by atoms with Gasteiger partial charge in [0.15, 0.2) is 0 Å². The molecule has 0 fully saturated rings. The molecule has 2 aromatic carbocycles. The number of aromatic carboxylic acids is 1. The quantitative estimate of drug-likeness (QED) is 0.323. The number of rotatable bonds is 5. The second-order valence-electron chi connectivity index (χ2n) is 7.59. The average molecular weight is 463 g/mol. The second kappa shape index (κ2) is 7.54. The lowest BCUT2D eigenvalue weighted by atomic mass is 9.85. The van der Waals surface area contributed by atoms with Crippen LogP contribution in [-0.4, -0.2) is 33.3 Å². The summed E-state index contributed by atoms with van der Waals surface area (Å²) in [6.45, 7) is 3.25. The molecule has 0 bridgehead atoms. The minimum Gasteiger partial charge on any atom is -0.477 e. The predicted molar refractivity (Wildman–Crippen MR) is 111 cm³/mol. The van der Waals surface area contributed by atoms with E-state index in [4.69, 9.17) is 5.73 Å². The van der Waals surface area contributed by atoms with Gasteiger partial charge < -0.3 is 25.5 Å². The standard InChI is InChI=1S/C22H17F4N3O4/c1-8-3-5-12(23)18-14(8)15(9(2)28-18)17(20(27)30)16-11-7-10(33-22(24,25)26)4-6-13(11)29-19(16)21(31)32/h3-7,17,28-29H,1-2H3,(H2,27,30)(H,31,32). The first kappa shape index (κ1) is 22.2. The fraction of sp³-hybridized carbons (Fsp3) is 0.182. The van der Waals surface area contributed by atoms with Crippen molar-refractivity contribution in [3.63, 3.8) is 0 Å². The number of H-pyrrole nitrogens is 2. The lowest BCUT2D eigenvalue weighted by molar-refractivity contribution is -0.274. The summed E-state index contributed by atoms with van der Waals surface area (Å²) in [4.78, 5) is 30.2. The third-order valence-electron chi connectivity index (χ3n) is 5.47. The molecule has 0 saturated heterocycles. The fourth-order valence-corrected chi connectivity index (χ4v) is 4.24. The molecule has 1 atom stereocenters. The molecule has 0 aliphatic rings. The maximum absolute atomic E-state index is 14.5. The van der Waals surface area contributed by atoms with Crippen LogP contribution in [-0.2, 0) is 4.79 Å². The minimum atomic E-state index is -4.98. The molecule has 0 aliphatic heterocycles. The first-order valence-electron chi connectivity index (χ1n) is 9.60. The third-order valence-corrected chi connectivity index (χ3v) is 5.47. The van der Waals surface area contributed by atoms with Crippen molar-refractivity contribution in [3.8, 4) is 5.75 Å². The lowest BCUT2D eigenvalue weighted by Crippen LogP contribution is -2.24. The zero-order chi connectivity index (χ0) is 24.2. The number of primary amides is 1. The summed E-state index contributed by atoms with van der Waals surface area (Å²) in [5.41, 5.74) is 6.57. The number of carboxylic acid groups (broad SMARTS) is 1. The van der Waals surface area contributed by atoms with Crippen LogP contribution in [0.5, 0.6) is 5.75 Å². The molecule has 0 saturated carbocycles. The fourth-order valence-electron chi connectivity index (χ4n) is 4.24. The molecule has 0 spiro atoms. The summed E-state index contributed by atoms with van der Waals surface area (Å²) >= 11 is 0. The number of carboxylic acids is 1. The molecule has 2 aromatic heterocycles.